The summed E-state index contributed by atoms with van der Waals surface area (Å²) in [6.45, 7) is 15.0. The third kappa shape index (κ3) is 3.49. The zero-order valence-electron chi connectivity index (χ0n) is 18.0. The van der Waals surface area contributed by atoms with Gasteiger partial charge >= 0.3 is 0 Å². The Morgan fingerprint density at radius 3 is 1.97 bits per heavy atom. The van der Waals surface area contributed by atoms with Gasteiger partial charge in [0.15, 0.2) is 10.8 Å². The predicted molar refractivity (Wildman–Crippen MR) is 131 cm³/mol. The molecule has 1 aliphatic heterocycles. The molecule has 31 heavy (non-hydrogen) atoms. The van der Waals surface area contributed by atoms with Gasteiger partial charge in [-0.2, -0.15) is 0 Å². The molecule has 0 saturated carbocycles. The van der Waals surface area contributed by atoms with E-state index in [1.807, 2.05) is 43.9 Å². The fourth-order valence-electron chi connectivity index (χ4n) is 3.91. The normalized spacial score (nSPS) is 15.3. The summed E-state index contributed by atoms with van der Waals surface area (Å²) in [5.41, 5.74) is 5.61. The summed E-state index contributed by atoms with van der Waals surface area (Å²) in [6.07, 6.45) is 0. The highest BCUT2D eigenvalue weighted by molar-refractivity contribution is 7.81. The zero-order valence-corrected chi connectivity index (χ0v) is 18.8. The van der Waals surface area contributed by atoms with Crippen molar-refractivity contribution in [1.82, 2.24) is 0 Å². The number of carbonyl (C=O) groups excluding carboxylic acids is 1. The maximum atomic E-state index is 13.3. The number of anilines is 2. The molecule has 0 aromatic heterocycles. The molecule has 3 aromatic carbocycles. The molecule has 1 fully saturated rings. The van der Waals surface area contributed by atoms with Gasteiger partial charge < -0.3 is 4.90 Å². The Hall–Kier alpha value is -3.49. The van der Waals surface area contributed by atoms with Crippen molar-refractivity contribution in [2.45, 2.75) is 33.2 Å². The van der Waals surface area contributed by atoms with E-state index in [4.69, 9.17) is 18.8 Å². The van der Waals surface area contributed by atoms with Crippen LogP contribution in [0.25, 0.3) is 16.0 Å². The average molecular weight is 426 g/mol. The molecule has 0 bridgehead atoms. The first-order chi connectivity index (χ1) is 14.7. The molecule has 0 radical (unpaired) electrons. The molecule has 1 aliphatic rings. The lowest BCUT2D eigenvalue weighted by atomic mass is 10.0. The van der Waals surface area contributed by atoms with Crippen LogP contribution < -0.4 is 9.80 Å². The van der Waals surface area contributed by atoms with Crippen LogP contribution in [0.2, 0.25) is 0 Å². The largest absolute Gasteiger partial charge is 0.304 e. The number of benzene rings is 3. The lowest BCUT2D eigenvalue weighted by Crippen LogP contribution is -2.44. The maximum absolute atomic E-state index is 13.3. The van der Waals surface area contributed by atoms with E-state index in [1.54, 1.807) is 17.0 Å². The fraction of sp³-hybridized carbons (Fsp3) is 0.192. The predicted octanol–water partition coefficient (Wildman–Crippen LogP) is 6.44. The third-order valence-corrected chi connectivity index (χ3v) is 6.10. The van der Waals surface area contributed by atoms with Gasteiger partial charge in [0.2, 0.25) is 0 Å². The van der Waals surface area contributed by atoms with Crippen molar-refractivity contribution < 1.29 is 4.79 Å². The number of hydrogen-bond donors (Lipinski definition) is 0. The average Bonchev–Trinajstić information content (AvgIpc) is 2.92. The second-order valence-corrected chi connectivity index (χ2v) is 8.68. The molecule has 1 heterocycles. The Labute approximate surface area is 188 Å². The van der Waals surface area contributed by atoms with Gasteiger partial charge in [-0.05, 0) is 80.9 Å². The number of rotatable bonds is 3. The first kappa shape index (κ1) is 20.8. The van der Waals surface area contributed by atoms with Gasteiger partial charge in [-0.15, -0.1) is 0 Å². The Balaban J connectivity index is 1.69. The summed E-state index contributed by atoms with van der Waals surface area (Å²) in [6, 6.07) is 21.9. The van der Waals surface area contributed by atoms with E-state index in [0.717, 1.165) is 22.4 Å². The standard InChI is InChI=1S/C26H23N3OS/c1-17-6-8-19(9-7-17)20-10-12-21(13-11-20)29-25(31)28(24(30)26(29,3)4)22-14-15-23(27-5)18(2)16-22/h6-16H,1-4H3. The molecule has 0 spiro atoms. The highest BCUT2D eigenvalue weighted by Gasteiger charge is 2.50. The number of aryl methyl sites for hydroxylation is 2. The van der Waals surface area contributed by atoms with Crippen molar-refractivity contribution in [2.24, 2.45) is 0 Å². The van der Waals surface area contributed by atoms with Crippen LogP contribution in [0.5, 0.6) is 0 Å². The highest BCUT2D eigenvalue weighted by atomic mass is 32.1. The number of thiocarbonyl (C=S) groups is 1. The van der Waals surface area contributed by atoms with Crippen LogP contribution >= 0.6 is 12.2 Å². The summed E-state index contributed by atoms with van der Waals surface area (Å²) in [5.74, 6) is -0.0879. The number of carbonyl (C=O) groups is 1. The minimum absolute atomic E-state index is 0.0879. The van der Waals surface area contributed by atoms with E-state index in [2.05, 4.69) is 48.2 Å². The van der Waals surface area contributed by atoms with Gasteiger partial charge in [-0.25, -0.2) is 4.85 Å². The molecule has 1 amide bonds. The van der Waals surface area contributed by atoms with E-state index in [-0.39, 0.29) is 5.91 Å². The van der Waals surface area contributed by atoms with Crippen LogP contribution in [0.4, 0.5) is 17.1 Å². The highest BCUT2D eigenvalue weighted by Crippen LogP contribution is 2.38. The monoisotopic (exact) mass is 425 g/mol. The molecule has 4 rings (SSSR count). The van der Waals surface area contributed by atoms with E-state index in [1.165, 1.54) is 5.56 Å². The molecule has 0 N–H and O–H groups in total. The quantitative estimate of drug-likeness (QED) is 0.357. The molecular formula is C26H23N3OS. The molecule has 0 unspecified atom stereocenters. The zero-order chi connectivity index (χ0) is 22.3. The number of amides is 1. The molecule has 1 saturated heterocycles. The third-order valence-electron chi connectivity index (χ3n) is 5.74. The van der Waals surface area contributed by atoms with Crippen molar-refractivity contribution >= 4 is 40.3 Å². The summed E-state index contributed by atoms with van der Waals surface area (Å²) in [5, 5.41) is 0.438. The van der Waals surface area contributed by atoms with Gasteiger partial charge in [0, 0.05) is 11.4 Å². The van der Waals surface area contributed by atoms with Gasteiger partial charge in [-0.1, -0.05) is 48.0 Å². The van der Waals surface area contributed by atoms with Crippen molar-refractivity contribution in [2.75, 3.05) is 9.80 Å². The first-order valence-electron chi connectivity index (χ1n) is 10.1. The van der Waals surface area contributed by atoms with Crippen LogP contribution in [-0.2, 0) is 4.79 Å². The summed E-state index contributed by atoms with van der Waals surface area (Å²) >= 11 is 5.77. The molecule has 0 atom stereocenters. The van der Waals surface area contributed by atoms with Gasteiger partial charge in [0.1, 0.15) is 5.54 Å². The summed E-state index contributed by atoms with van der Waals surface area (Å²) in [7, 11) is 0. The van der Waals surface area contributed by atoms with E-state index in [9.17, 15) is 4.79 Å². The van der Waals surface area contributed by atoms with Crippen LogP contribution in [0.1, 0.15) is 25.0 Å². The summed E-state index contributed by atoms with van der Waals surface area (Å²) in [4.78, 5) is 20.3. The lowest BCUT2D eigenvalue weighted by Gasteiger charge is -2.29. The minimum Gasteiger partial charge on any atom is -0.304 e. The van der Waals surface area contributed by atoms with Crippen molar-refractivity contribution in [3.05, 3.63) is 89.3 Å². The Bertz CT molecular complexity index is 1220. The van der Waals surface area contributed by atoms with Crippen LogP contribution in [-0.4, -0.2) is 16.6 Å². The van der Waals surface area contributed by atoms with Crippen molar-refractivity contribution in [1.29, 1.82) is 0 Å². The molecule has 3 aromatic rings. The Morgan fingerprint density at radius 1 is 0.871 bits per heavy atom. The molecule has 5 heteroatoms. The Morgan fingerprint density at radius 2 is 1.42 bits per heavy atom. The topological polar surface area (TPSA) is 27.9 Å². The fourth-order valence-corrected chi connectivity index (χ4v) is 4.43. The number of hydrogen-bond acceptors (Lipinski definition) is 2. The smallest absolute Gasteiger partial charge is 0.259 e. The minimum atomic E-state index is -0.825. The molecular weight excluding hydrogens is 402 g/mol. The second kappa shape index (κ2) is 7.64. The van der Waals surface area contributed by atoms with Gasteiger partial charge in [-0.3, -0.25) is 9.69 Å². The second-order valence-electron chi connectivity index (χ2n) is 8.31. The molecule has 154 valence electrons. The van der Waals surface area contributed by atoms with E-state index in [0.29, 0.717) is 16.5 Å². The molecule has 0 aliphatic carbocycles. The van der Waals surface area contributed by atoms with E-state index < -0.39 is 5.54 Å². The van der Waals surface area contributed by atoms with Gasteiger partial charge in [0.25, 0.3) is 5.91 Å². The van der Waals surface area contributed by atoms with Crippen LogP contribution in [0.15, 0.2) is 66.7 Å². The SMILES string of the molecule is [C-]#[N+]c1ccc(N2C(=O)C(C)(C)N(c3ccc(-c4ccc(C)cc4)cc3)C2=S)cc1C. The van der Waals surface area contributed by atoms with Crippen molar-refractivity contribution in [3.8, 4) is 11.1 Å². The van der Waals surface area contributed by atoms with E-state index >= 15 is 0 Å². The lowest BCUT2D eigenvalue weighted by molar-refractivity contribution is -0.120. The van der Waals surface area contributed by atoms with Crippen molar-refractivity contribution in [3.63, 3.8) is 0 Å². The van der Waals surface area contributed by atoms with Crippen LogP contribution in [0, 0.1) is 20.4 Å². The van der Waals surface area contributed by atoms with Crippen LogP contribution in [0.3, 0.4) is 0 Å². The molecule has 4 nitrogen and oxygen atoms in total. The number of nitrogens with zero attached hydrogens (tertiary/aromatic N) is 3. The Kier molecular flexibility index (Phi) is 5.12. The first-order valence-corrected chi connectivity index (χ1v) is 10.5. The summed E-state index contributed by atoms with van der Waals surface area (Å²) < 4.78 is 0. The van der Waals surface area contributed by atoms with Gasteiger partial charge in [0.05, 0.1) is 6.57 Å². The maximum Gasteiger partial charge on any atom is 0.259 e.